The fraction of sp³-hybridized carbons (Fsp3) is 0.261. The molecule has 32 heteroatoms. The summed E-state index contributed by atoms with van der Waals surface area (Å²) in [6.07, 6.45) is 1.34. The highest BCUT2D eigenvalue weighted by Crippen LogP contribution is 2.39. The number of ether oxygens (including phenoxy) is 4. The number of hydrogen-bond acceptors (Lipinski definition) is 20. The topological polar surface area (TPSA) is 335 Å². The Labute approximate surface area is 445 Å². The molecule has 78 heavy (non-hydrogen) atoms. The molecule has 26 nitrogen and oxygen atoms in total. The zero-order valence-corrected chi connectivity index (χ0v) is 45.7. The fourth-order valence-electron chi connectivity index (χ4n) is 7.79. The predicted molar refractivity (Wildman–Crippen MR) is 277 cm³/mol. The number of nitrogens with zero attached hydrogens (tertiary/aromatic N) is 10. The zero-order chi connectivity index (χ0) is 57.1. The lowest BCUT2D eigenvalue weighted by Gasteiger charge is -2.18. The van der Waals surface area contributed by atoms with E-state index in [4.69, 9.17) is 18.9 Å². The van der Waals surface area contributed by atoms with Gasteiger partial charge in [0, 0.05) is 50.1 Å². The van der Waals surface area contributed by atoms with Crippen molar-refractivity contribution in [1.29, 1.82) is 0 Å². The normalized spacial score (nSPS) is 12.8. The van der Waals surface area contributed by atoms with Crippen LogP contribution >= 0.6 is 0 Å². The lowest BCUT2D eigenvalue weighted by atomic mass is 10.1. The van der Waals surface area contributed by atoms with Gasteiger partial charge in [0.2, 0.25) is 31.9 Å². The third-order valence-corrected chi connectivity index (χ3v) is 16.0. The predicted octanol–water partition coefficient (Wildman–Crippen LogP) is 3.41. The van der Waals surface area contributed by atoms with Crippen molar-refractivity contribution in [1.82, 2.24) is 49.1 Å². The first-order valence-corrected chi connectivity index (χ1v) is 29.5. The largest absolute Gasteiger partial charge is 0.494 e. The molecule has 0 aliphatic rings. The molecule has 0 radical (unpaired) electrons. The Bertz CT molecular complexity index is 3680. The van der Waals surface area contributed by atoms with Gasteiger partial charge in [-0.25, -0.2) is 42.5 Å². The van der Waals surface area contributed by atoms with Gasteiger partial charge in [0.1, 0.15) is 57.4 Å². The molecule has 0 saturated carbocycles. The molecule has 416 valence electrons. The second kappa shape index (κ2) is 22.9. The number of hydrogen-bond donors (Lipinski definition) is 4. The highest BCUT2D eigenvalue weighted by molar-refractivity contribution is 7.93. The first kappa shape index (κ1) is 57.7. The lowest BCUT2D eigenvalue weighted by Crippen LogP contribution is -2.24. The van der Waals surface area contributed by atoms with Crippen LogP contribution in [0, 0.1) is 11.6 Å². The molecule has 4 heterocycles. The van der Waals surface area contributed by atoms with Gasteiger partial charge in [-0.1, -0.05) is 24.3 Å². The summed E-state index contributed by atoms with van der Waals surface area (Å²) in [6.45, 7) is 0. The van der Waals surface area contributed by atoms with E-state index in [1.807, 2.05) is 0 Å². The van der Waals surface area contributed by atoms with Crippen molar-refractivity contribution in [2.75, 3.05) is 61.9 Å². The van der Waals surface area contributed by atoms with E-state index in [0.717, 1.165) is 48.9 Å². The first-order valence-electron chi connectivity index (χ1n) is 22.4. The maximum absolute atomic E-state index is 13.7. The molecular formula is C46H50F2N12O14S4. The highest BCUT2D eigenvalue weighted by Gasteiger charge is 2.32. The van der Waals surface area contributed by atoms with Gasteiger partial charge in [0.25, 0.3) is 0 Å². The number of aliphatic hydroxyl groups is 2. The minimum absolute atomic E-state index is 0.148. The van der Waals surface area contributed by atoms with E-state index < -0.39 is 84.9 Å². The van der Waals surface area contributed by atoms with Crippen molar-refractivity contribution < 1.29 is 71.6 Å². The van der Waals surface area contributed by atoms with Gasteiger partial charge in [0.15, 0.2) is 31.3 Å². The van der Waals surface area contributed by atoms with Gasteiger partial charge in [-0.3, -0.25) is 27.9 Å². The molecule has 2 atom stereocenters. The number of nitrogens with one attached hydrogen (secondary N) is 2. The molecule has 4 N–H and O–H groups in total. The van der Waals surface area contributed by atoms with E-state index in [1.54, 1.807) is 75.0 Å². The molecular weight excluding hydrogens is 1110 g/mol. The van der Waals surface area contributed by atoms with Crippen LogP contribution in [0.4, 0.5) is 20.7 Å². The molecule has 8 aromatic rings. The molecule has 8 rings (SSSR count). The highest BCUT2D eigenvalue weighted by atomic mass is 32.2. The Morgan fingerprint density at radius 1 is 0.526 bits per heavy atom. The number of aryl methyl sites for hydroxylation is 2. The van der Waals surface area contributed by atoms with Crippen LogP contribution in [0.1, 0.15) is 23.3 Å². The number of sulfonamides is 2. The van der Waals surface area contributed by atoms with E-state index >= 15 is 0 Å². The van der Waals surface area contributed by atoms with Gasteiger partial charge in [-0.2, -0.15) is 10.2 Å². The van der Waals surface area contributed by atoms with E-state index in [-0.39, 0.29) is 46.0 Å². The maximum atomic E-state index is 13.7. The summed E-state index contributed by atoms with van der Waals surface area (Å²) in [5.41, 5.74) is 0.700. The number of sulfone groups is 2. The van der Waals surface area contributed by atoms with Crippen LogP contribution in [-0.2, 0) is 53.8 Å². The number of aromatic nitrogens is 10. The molecule has 4 aromatic heterocycles. The second-order valence-corrected chi connectivity index (χ2v) is 24.3. The Kier molecular flexibility index (Phi) is 16.9. The van der Waals surface area contributed by atoms with Crippen molar-refractivity contribution in [3.8, 4) is 57.4 Å². The van der Waals surface area contributed by atoms with Crippen LogP contribution in [0.2, 0.25) is 0 Å². The van der Waals surface area contributed by atoms with Crippen LogP contribution in [-0.4, -0.2) is 145 Å². The molecule has 0 unspecified atom stereocenters. The number of methoxy groups -OCH3 is 4. The molecule has 0 bridgehead atoms. The number of para-hydroxylation sites is 2. The van der Waals surface area contributed by atoms with E-state index in [1.165, 1.54) is 46.9 Å². The number of rotatable bonds is 20. The van der Waals surface area contributed by atoms with Crippen LogP contribution in [0.3, 0.4) is 0 Å². The summed E-state index contributed by atoms with van der Waals surface area (Å²) in [7, 11) is -7.69. The summed E-state index contributed by atoms with van der Waals surface area (Å²) in [6, 6.07) is 18.5. The van der Waals surface area contributed by atoms with Gasteiger partial charge < -0.3 is 29.2 Å². The average molecular weight is 1160 g/mol. The van der Waals surface area contributed by atoms with E-state index in [0.29, 0.717) is 34.4 Å². The Morgan fingerprint density at radius 3 is 1.14 bits per heavy atom. The minimum Gasteiger partial charge on any atom is -0.494 e. The SMILES string of the molecule is COc1cccc(OC)c1-n1c(NS(=O)(=O)C[C@@H](O)c2ccc(F)cc2S(C)(=O)=O)nnc1-c1ccn(C)n1.COc1cccc(OC)c1-n1c(NS(=O)(=O)C[C@H](O)c2ccc(F)cc2S(C)(=O)=O)nnc1-c1ccn(C)n1. The van der Waals surface area contributed by atoms with Gasteiger partial charge in [-0.05, 0) is 60.7 Å². The molecule has 0 amide bonds. The Hall–Kier alpha value is -8.04. The second-order valence-electron chi connectivity index (χ2n) is 16.8. The lowest BCUT2D eigenvalue weighted by molar-refractivity contribution is 0.198. The molecule has 0 spiro atoms. The number of halogens is 2. The summed E-state index contributed by atoms with van der Waals surface area (Å²) in [5.74, 6) is -2.73. The van der Waals surface area contributed by atoms with Gasteiger partial charge in [-0.15, -0.1) is 20.4 Å². The molecule has 0 aliphatic heterocycles. The van der Waals surface area contributed by atoms with Crippen LogP contribution in [0.15, 0.2) is 107 Å². The molecule has 0 aliphatic carbocycles. The van der Waals surface area contributed by atoms with Crippen LogP contribution in [0.25, 0.3) is 34.4 Å². The van der Waals surface area contributed by atoms with E-state index in [2.05, 4.69) is 40.0 Å². The van der Waals surface area contributed by atoms with Crippen molar-refractivity contribution >= 4 is 51.6 Å². The van der Waals surface area contributed by atoms with Crippen molar-refractivity contribution in [3.63, 3.8) is 0 Å². The Morgan fingerprint density at radius 2 is 0.859 bits per heavy atom. The molecule has 0 saturated heterocycles. The van der Waals surface area contributed by atoms with Crippen LogP contribution in [0.5, 0.6) is 23.0 Å². The smallest absolute Gasteiger partial charge is 0.243 e. The fourth-order valence-corrected chi connectivity index (χ4v) is 11.9. The van der Waals surface area contributed by atoms with Crippen molar-refractivity contribution in [2.45, 2.75) is 22.0 Å². The van der Waals surface area contributed by atoms with Crippen molar-refractivity contribution in [2.24, 2.45) is 14.1 Å². The van der Waals surface area contributed by atoms with Crippen molar-refractivity contribution in [3.05, 3.63) is 120 Å². The first-order chi connectivity index (χ1) is 36.7. The summed E-state index contributed by atoms with van der Waals surface area (Å²) in [4.78, 5) is -1.05. The third-order valence-electron chi connectivity index (χ3n) is 11.2. The van der Waals surface area contributed by atoms with Crippen LogP contribution < -0.4 is 28.4 Å². The van der Waals surface area contributed by atoms with Gasteiger partial charge >= 0.3 is 0 Å². The number of aliphatic hydroxyl groups excluding tert-OH is 2. The zero-order valence-electron chi connectivity index (χ0n) is 42.5. The quantitative estimate of drug-likeness (QED) is 0.0849. The number of anilines is 2. The average Bonchev–Trinajstić information content (AvgIpc) is 4.25. The Balaban J connectivity index is 0.000000226. The third kappa shape index (κ3) is 12.9. The number of benzene rings is 4. The molecule has 4 aromatic carbocycles. The molecule has 0 fully saturated rings. The summed E-state index contributed by atoms with van der Waals surface area (Å²) < 4.78 is 161. The summed E-state index contributed by atoms with van der Waals surface area (Å²) in [5, 5.41) is 46.3. The van der Waals surface area contributed by atoms with Gasteiger partial charge in [0.05, 0.1) is 61.9 Å². The van der Waals surface area contributed by atoms with E-state index in [9.17, 15) is 52.7 Å². The standard InChI is InChI=1S/2C23H25FN6O7S2/c2*1-29-11-10-16(27-29)22-25-26-23(30(22)21-18(36-2)6-5-7-19(21)37-3)28-39(34,35)13-17(31)15-9-8-14(24)12-20(15)38(4,32)33/h2*5-12,17,31H,13H2,1-4H3,(H,26,28)/t2*17-/m10/s1. The minimum atomic E-state index is -4.41. The summed E-state index contributed by atoms with van der Waals surface area (Å²) >= 11 is 0. The monoisotopic (exact) mass is 1160 g/mol. The maximum Gasteiger partial charge on any atom is 0.243 e.